The lowest BCUT2D eigenvalue weighted by Gasteiger charge is -2.37. The SMILES string of the molecule is CCCC(Cc1ccc(O)c(NC(=O)CCCNC(=O)/C=C(\Br)C(=O)NCCCC(=O)NCCOCCO)c1)NC(O)c1csc([C@@H](C[C@H](C(C)C)N(C)C(=O)[C@@H](CC(=O)[C@H]2CCCCN2C)[C@@H](C)CC)OC(C)=O)n1. The van der Waals surface area contributed by atoms with Gasteiger partial charge in [-0.25, -0.2) is 4.98 Å². The van der Waals surface area contributed by atoms with E-state index in [0.717, 1.165) is 50.3 Å². The minimum atomic E-state index is -1.20. The van der Waals surface area contributed by atoms with Crippen LogP contribution in [-0.4, -0.2) is 150 Å². The zero-order chi connectivity index (χ0) is 56.3. The van der Waals surface area contributed by atoms with Crippen LogP contribution in [0.15, 0.2) is 34.1 Å². The summed E-state index contributed by atoms with van der Waals surface area (Å²) in [4.78, 5) is 98.8. The molecule has 7 atom stereocenters. The highest BCUT2D eigenvalue weighted by atomic mass is 79.9. The van der Waals surface area contributed by atoms with Gasteiger partial charge in [0.2, 0.25) is 23.6 Å². The summed E-state index contributed by atoms with van der Waals surface area (Å²) >= 11 is 4.34. The van der Waals surface area contributed by atoms with E-state index >= 15 is 0 Å². The Morgan fingerprint density at radius 1 is 0.987 bits per heavy atom. The number of likely N-dealkylation sites (N-methyl/N-ethyl adjacent to an activating group) is 1. The second kappa shape index (κ2) is 34.8. The lowest BCUT2D eigenvalue weighted by molar-refractivity contribution is -0.149. The molecule has 76 heavy (non-hydrogen) atoms. The van der Waals surface area contributed by atoms with Gasteiger partial charge in [0, 0.05) is 88.7 Å². The van der Waals surface area contributed by atoms with Gasteiger partial charge in [-0.1, -0.05) is 59.9 Å². The number of aromatic hydroxyl groups is 1. The van der Waals surface area contributed by atoms with Crippen LogP contribution >= 0.6 is 27.3 Å². The number of phenolic OH excluding ortho intramolecular Hbond substituents is 1. The summed E-state index contributed by atoms with van der Waals surface area (Å²) in [7, 11) is 3.74. The highest BCUT2D eigenvalue weighted by molar-refractivity contribution is 9.12. The molecule has 5 amide bonds. The molecule has 3 rings (SSSR count). The number of nitrogens with one attached hydrogen (secondary N) is 5. The number of halogens is 1. The highest BCUT2D eigenvalue weighted by Gasteiger charge is 2.38. The molecule has 8 N–H and O–H groups in total. The number of rotatable bonds is 35. The van der Waals surface area contributed by atoms with Gasteiger partial charge in [-0.3, -0.25) is 43.8 Å². The van der Waals surface area contributed by atoms with Crippen molar-refractivity contribution in [1.29, 1.82) is 0 Å². The Morgan fingerprint density at radius 2 is 1.70 bits per heavy atom. The van der Waals surface area contributed by atoms with Crippen molar-refractivity contribution in [3.63, 3.8) is 0 Å². The van der Waals surface area contributed by atoms with Gasteiger partial charge in [0.1, 0.15) is 17.0 Å². The number of nitrogens with zero attached hydrogens (tertiary/aromatic N) is 3. The summed E-state index contributed by atoms with van der Waals surface area (Å²) in [6.45, 7) is 13.3. The van der Waals surface area contributed by atoms with Gasteiger partial charge in [-0.05, 0) is 97.6 Å². The molecule has 1 aromatic carbocycles. The summed E-state index contributed by atoms with van der Waals surface area (Å²) in [6, 6.07) is 4.08. The predicted octanol–water partition coefficient (Wildman–Crippen LogP) is 5.56. The summed E-state index contributed by atoms with van der Waals surface area (Å²) in [5.41, 5.74) is 1.31. The number of aliphatic hydroxyl groups is 2. The molecule has 1 aromatic heterocycles. The van der Waals surface area contributed by atoms with Gasteiger partial charge in [0.15, 0.2) is 11.9 Å². The Kier molecular flexibility index (Phi) is 30.0. The maximum absolute atomic E-state index is 14.4. The Morgan fingerprint density at radius 3 is 2.36 bits per heavy atom. The van der Waals surface area contributed by atoms with Crippen LogP contribution in [0.25, 0.3) is 0 Å². The first-order chi connectivity index (χ1) is 36.2. The Balaban J connectivity index is 1.57. The lowest BCUT2D eigenvalue weighted by atomic mass is 9.83. The molecule has 0 aliphatic carbocycles. The zero-order valence-corrected chi connectivity index (χ0v) is 48.2. The van der Waals surface area contributed by atoms with Gasteiger partial charge in [0.25, 0.3) is 5.91 Å². The van der Waals surface area contributed by atoms with Crippen molar-refractivity contribution in [3.05, 3.63) is 50.4 Å². The number of piperidine rings is 1. The molecule has 0 radical (unpaired) electrons. The smallest absolute Gasteiger partial charge is 0.303 e. The van der Waals surface area contributed by atoms with Crippen molar-refractivity contribution in [2.75, 3.05) is 65.4 Å². The van der Waals surface area contributed by atoms with Gasteiger partial charge >= 0.3 is 5.97 Å². The van der Waals surface area contributed by atoms with Crippen LogP contribution in [0.4, 0.5) is 5.69 Å². The second-order valence-electron chi connectivity index (χ2n) is 20.0. The van der Waals surface area contributed by atoms with E-state index in [0.29, 0.717) is 36.5 Å². The summed E-state index contributed by atoms with van der Waals surface area (Å²) in [5, 5.41) is 47.0. The molecule has 20 nitrogen and oxygen atoms in total. The van der Waals surface area contributed by atoms with Crippen molar-refractivity contribution >= 4 is 74.2 Å². The van der Waals surface area contributed by atoms with Crippen LogP contribution in [0.2, 0.25) is 0 Å². The first-order valence-electron chi connectivity index (χ1n) is 26.8. The average molecular weight is 1150 g/mol. The Hall–Kier alpha value is -4.84. The normalized spacial score (nSPS) is 16.4. The third-order valence-electron chi connectivity index (χ3n) is 13.6. The van der Waals surface area contributed by atoms with Crippen LogP contribution in [-0.2, 0) is 49.5 Å². The number of aromatic nitrogens is 1. The molecule has 0 bridgehead atoms. The van der Waals surface area contributed by atoms with Crippen molar-refractivity contribution in [1.82, 2.24) is 36.1 Å². The topological polar surface area (TPSA) is 278 Å². The van der Waals surface area contributed by atoms with E-state index in [4.69, 9.17) is 19.6 Å². The van der Waals surface area contributed by atoms with Crippen LogP contribution in [0.3, 0.4) is 0 Å². The third-order valence-corrected chi connectivity index (χ3v) is 15.1. The number of amides is 5. The largest absolute Gasteiger partial charge is 0.506 e. The minimum absolute atomic E-state index is 0.0118. The number of aliphatic hydroxyl groups excluding tert-OH is 2. The molecular weight excluding hydrogens is 1060 g/mol. The van der Waals surface area contributed by atoms with E-state index in [1.165, 1.54) is 24.3 Å². The number of likely N-dealkylation sites (tertiary alicyclic amines) is 1. The van der Waals surface area contributed by atoms with E-state index in [1.54, 1.807) is 29.5 Å². The maximum atomic E-state index is 14.4. The number of ketones is 1. The number of benzene rings is 1. The van der Waals surface area contributed by atoms with Crippen molar-refractivity contribution in [3.8, 4) is 5.75 Å². The minimum Gasteiger partial charge on any atom is -0.506 e. The standard InChI is InChI=1S/C54H85BrN8O12S/c1-9-15-38(28-37-19-20-45(66)41(29-37)60-49(69)18-14-21-56-50(70)31-40(55)51(71)58-22-13-17-48(68)57-23-26-74-27-25-64)59-52(72)42-33-76-53(61-42)47(75-36(6)65)32-44(34(3)4)63(8)54(73)39(35(5)10-2)30-46(67)43-16-11-12-24-62(43)7/h19-20,29,31,33-35,38-39,43-44,47,52,59,64,66,72H,9-18,21-28,30,32H2,1-8H3,(H,56,70)(H,57,68)(H,58,71)(H,60,69)/b40-31-/t35-,38?,39-,43+,44+,47+,52?/m0/s1. The molecule has 1 fully saturated rings. The van der Waals surface area contributed by atoms with Crippen molar-refractivity contribution < 1.29 is 58.4 Å². The predicted molar refractivity (Wildman–Crippen MR) is 295 cm³/mol. The Labute approximate surface area is 461 Å². The molecule has 1 saturated heterocycles. The fourth-order valence-electron chi connectivity index (χ4n) is 9.10. The molecule has 2 aromatic rings. The first kappa shape index (κ1) is 65.4. The first-order valence-corrected chi connectivity index (χ1v) is 28.4. The molecule has 2 heterocycles. The number of esters is 1. The van der Waals surface area contributed by atoms with Crippen LogP contribution in [0.5, 0.6) is 5.75 Å². The number of phenols is 1. The monoisotopic (exact) mass is 1150 g/mol. The number of Topliss-reactive ketones (excluding diaryl/α,β-unsaturated/α-hetero) is 1. The zero-order valence-electron chi connectivity index (χ0n) is 45.8. The van der Waals surface area contributed by atoms with Crippen LogP contribution in [0.1, 0.15) is 147 Å². The Bertz CT molecular complexity index is 2210. The van der Waals surface area contributed by atoms with Crippen LogP contribution in [0, 0.1) is 17.8 Å². The molecule has 1 aliphatic rings. The fraction of sp³-hybridized carbons (Fsp3) is 0.667. The lowest BCUT2D eigenvalue weighted by Crippen LogP contribution is -2.48. The van der Waals surface area contributed by atoms with E-state index in [2.05, 4.69) is 47.4 Å². The van der Waals surface area contributed by atoms with E-state index < -0.39 is 41.9 Å². The van der Waals surface area contributed by atoms with Gasteiger partial charge in [-0.15, -0.1) is 11.3 Å². The quantitative estimate of drug-likeness (QED) is 0.0138. The van der Waals surface area contributed by atoms with E-state index in [-0.39, 0.29) is 128 Å². The molecule has 426 valence electrons. The van der Waals surface area contributed by atoms with E-state index in [9.17, 15) is 43.8 Å². The van der Waals surface area contributed by atoms with Gasteiger partial charge in [0.05, 0.1) is 41.7 Å². The maximum Gasteiger partial charge on any atom is 0.303 e. The number of ether oxygens (including phenoxy) is 2. The van der Waals surface area contributed by atoms with Crippen LogP contribution < -0.4 is 26.6 Å². The number of hydrogen-bond donors (Lipinski definition) is 8. The summed E-state index contributed by atoms with van der Waals surface area (Å²) in [6.07, 6.45) is 5.79. The third kappa shape index (κ3) is 23.0. The molecule has 0 saturated carbocycles. The number of carbonyl (C=O) groups excluding carboxylic acids is 7. The van der Waals surface area contributed by atoms with Crippen molar-refractivity contribution in [2.45, 2.75) is 155 Å². The summed E-state index contributed by atoms with van der Waals surface area (Å²) in [5.74, 6) is -2.90. The number of carbonyl (C=O) groups is 7. The van der Waals surface area contributed by atoms with E-state index in [1.807, 2.05) is 41.7 Å². The van der Waals surface area contributed by atoms with Crippen molar-refractivity contribution in [2.24, 2.45) is 17.8 Å². The molecular formula is C54H85BrN8O12S. The second-order valence-corrected chi connectivity index (χ2v) is 21.7. The summed E-state index contributed by atoms with van der Waals surface area (Å²) < 4.78 is 10.9. The van der Waals surface area contributed by atoms with Gasteiger partial charge < -0.3 is 51.0 Å². The number of hydrogen-bond acceptors (Lipinski definition) is 16. The molecule has 1 aliphatic heterocycles. The molecule has 2 unspecified atom stereocenters. The molecule has 22 heteroatoms. The highest BCUT2D eigenvalue weighted by Crippen LogP contribution is 2.34. The average Bonchev–Trinajstić information content (AvgIpc) is 3.88. The molecule has 0 spiro atoms. The number of anilines is 1. The number of thiazole rings is 1. The fourth-order valence-corrected chi connectivity index (χ4v) is 10.3. The van der Waals surface area contributed by atoms with Gasteiger partial charge in [-0.2, -0.15) is 0 Å².